The fourth-order valence-corrected chi connectivity index (χ4v) is 8.25. The Labute approximate surface area is 223 Å². The minimum Gasteiger partial charge on any atom is -0.365 e. The number of unbranched alkanes of at least 4 members (excludes halogenated alkanes) is 3. The van der Waals surface area contributed by atoms with Gasteiger partial charge in [-0.25, -0.2) is 11.4 Å². The van der Waals surface area contributed by atoms with Crippen molar-refractivity contribution in [2.75, 3.05) is 38.4 Å². The zero-order valence-electron chi connectivity index (χ0n) is 22.5. The van der Waals surface area contributed by atoms with E-state index in [1.807, 2.05) is 11.8 Å². The van der Waals surface area contributed by atoms with Crippen molar-refractivity contribution in [1.82, 2.24) is 20.6 Å². The zero-order valence-corrected chi connectivity index (χ0v) is 24.2. The molecule has 2 heterocycles. The second-order valence-corrected chi connectivity index (χ2v) is 12.9. The lowest BCUT2D eigenvalue weighted by Crippen LogP contribution is -2.37. The number of rotatable bonds is 19. The molecule has 4 unspecified atom stereocenters. The summed E-state index contributed by atoms with van der Waals surface area (Å²) in [6.45, 7) is 17.9. The molecule has 0 bridgehead atoms. The minimum atomic E-state index is -0.845. The van der Waals surface area contributed by atoms with Crippen molar-refractivity contribution in [1.29, 1.82) is 0 Å². The van der Waals surface area contributed by atoms with Crippen molar-refractivity contribution >= 4 is 32.0 Å². The smallest absolute Gasteiger partial charge is 0.315 e. The summed E-state index contributed by atoms with van der Waals surface area (Å²) in [6, 6.07) is 1.14. The van der Waals surface area contributed by atoms with E-state index in [9.17, 15) is 9.59 Å². The molecule has 2 saturated heterocycles. The molecule has 36 heavy (non-hydrogen) atoms. The Kier molecular flexibility index (Phi) is 15.0. The van der Waals surface area contributed by atoms with Crippen LogP contribution in [0.5, 0.6) is 0 Å². The van der Waals surface area contributed by atoms with Crippen molar-refractivity contribution in [3.63, 3.8) is 0 Å². The Hall–Kier alpha value is -1.11. The molecule has 2 aliphatic rings. The SMILES string of the molecule is [C-]#[N+]CCOCP(OCCCCCCNC(=O)CCCC1SCC2NC(=O)NC21)N(C(C)C)C(C)C. The maximum atomic E-state index is 12.2. The van der Waals surface area contributed by atoms with E-state index in [4.69, 9.17) is 15.8 Å². The summed E-state index contributed by atoms with van der Waals surface area (Å²) in [7, 11) is -0.845. The normalized spacial score (nSPS) is 21.9. The van der Waals surface area contributed by atoms with E-state index >= 15 is 0 Å². The lowest BCUT2D eigenvalue weighted by atomic mass is 10.0. The van der Waals surface area contributed by atoms with E-state index in [0.717, 1.165) is 50.8 Å². The van der Waals surface area contributed by atoms with Crippen LogP contribution in [-0.2, 0) is 14.1 Å². The van der Waals surface area contributed by atoms with E-state index in [1.54, 1.807) is 0 Å². The summed E-state index contributed by atoms with van der Waals surface area (Å²) < 4.78 is 14.4. The van der Waals surface area contributed by atoms with Crippen LogP contribution in [-0.4, -0.2) is 84.4 Å². The standard InChI is InChI=1S/C25H46N5O4PS/c1-19(2)30(20(3)4)35(18-33-16-14-26-5)34-15-9-7-6-8-13-27-23(31)12-10-11-22-24-21(17-36-22)28-25(32)29-24/h19-22,24H,6-18H2,1-4H3,(H,27,31)(H2,28,29,32). The van der Waals surface area contributed by atoms with E-state index in [2.05, 4.69) is 53.2 Å². The second kappa shape index (κ2) is 17.4. The summed E-state index contributed by atoms with van der Waals surface area (Å²) in [5.41, 5.74) is 0. The first-order chi connectivity index (χ1) is 17.3. The van der Waals surface area contributed by atoms with Gasteiger partial charge in [0.15, 0.2) is 0 Å². The predicted molar refractivity (Wildman–Crippen MR) is 148 cm³/mol. The third-order valence-electron chi connectivity index (χ3n) is 6.33. The van der Waals surface area contributed by atoms with Crippen LogP contribution in [0.2, 0.25) is 0 Å². The lowest BCUT2D eigenvalue weighted by molar-refractivity contribution is -0.121. The average molecular weight is 544 g/mol. The van der Waals surface area contributed by atoms with Gasteiger partial charge in [0, 0.05) is 36.1 Å². The maximum Gasteiger partial charge on any atom is 0.315 e. The molecule has 206 valence electrons. The molecule has 0 aromatic rings. The number of urea groups is 1. The van der Waals surface area contributed by atoms with Crippen LogP contribution in [0.3, 0.4) is 0 Å². The monoisotopic (exact) mass is 543 g/mol. The highest BCUT2D eigenvalue weighted by atomic mass is 32.2. The zero-order chi connectivity index (χ0) is 26.3. The van der Waals surface area contributed by atoms with Gasteiger partial charge < -0.3 is 30.1 Å². The first kappa shape index (κ1) is 31.1. The minimum absolute atomic E-state index is 0.0598. The molecule has 0 spiro atoms. The van der Waals surface area contributed by atoms with Gasteiger partial charge in [0.25, 0.3) is 0 Å². The molecule has 0 aliphatic carbocycles. The Morgan fingerprint density at radius 1 is 1.17 bits per heavy atom. The number of hydrogen-bond donors (Lipinski definition) is 3. The fraction of sp³-hybridized carbons (Fsp3) is 0.880. The summed E-state index contributed by atoms with van der Waals surface area (Å²) in [5, 5.41) is 9.41. The largest absolute Gasteiger partial charge is 0.365 e. The summed E-state index contributed by atoms with van der Waals surface area (Å²) in [5.74, 6) is 1.08. The average Bonchev–Trinajstić information content (AvgIpc) is 3.37. The number of nitrogens with zero attached hydrogens (tertiary/aromatic N) is 2. The number of fused-ring (bicyclic) bond motifs is 1. The number of ether oxygens (including phenoxy) is 1. The maximum absolute atomic E-state index is 12.2. The highest BCUT2D eigenvalue weighted by Gasteiger charge is 2.42. The quantitative estimate of drug-likeness (QED) is 0.0971. The molecule has 3 N–H and O–H groups in total. The molecule has 4 atom stereocenters. The van der Waals surface area contributed by atoms with Crippen molar-refractivity contribution in [2.24, 2.45) is 0 Å². The molecule has 2 aliphatic heterocycles. The van der Waals surface area contributed by atoms with Crippen LogP contribution in [0.25, 0.3) is 4.85 Å². The van der Waals surface area contributed by atoms with Gasteiger partial charge in [-0.1, -0.05) is 12.8 Å². The van der Waals surface area contributed by atoms with Crippen LogP contribution in [0.15, 0.2) is 0 Å². The Bertz CT molecular complexity index is 700. The van der Waals surface area contributed by atoms with Gasteiger partial charge in [0.05, 0.1) is 18.7 Å². The predicted octanol–water partition coefficient (Wildman–Crippen LogP) is 4.34. The van der Waals surface area contributed by atoms with E-state index in [0.29, 0.717) is 49.9 Å². The Balaban J connectivity index is 1.51. The number of carbonyl (C=O) groups excluding carboxylic acids is 2. The number of amides is 3. The molecular weight excluding hydrogens is 497 g/mol. The third kappa shape index (κ3) is 11.1. The molecule has 0 aromatic carbocycles. The number of nitrogens with one attached hydrogen (secondary N) is 3. The molecule has 9 nitrogen and oxygen atoms in total. The molecule has 11 heteroatoms. The number of hydrogen-bond acceptors (Lipinski definition) is 6. The highest BCUT2D eigenvalue weighted by molar-refractivity contribution is 8.00. The van der Waals surface area contributed by atoms with Crippen LogP contribution >= 0.6 is 20.1 Å². The molecule has 2 rings (SSSR count). The first-order valence-corrected chi connectivity index (χ1v) is 15.8. The van der Waals surface area contributed by atoms with E-state index in [1.165, 1.54) is 0 Å². The molecule has 0 radical (unpaired) electrons. The molecule has 0 aromatic heterocycles. The third-order valence-corrected chi connectivity index (χ3v) is 10.2. The highest BCUT2D eigenvalue weighted by Crippen LogP contribution is 2.44. The summed E-state index contributed by atoms with van der Waals surface area (Å²) >= 11 is 1.89. The first-order valence-electron chi connectivity index (χ1n) is 13.4. The molecule has 2 fully saturated rings. The van der Waals surface area contributed by atoms with E-state index < -0.39 is 8.30 Å². The number of thioether (sulfide) groups is 1. The Morgan fingerprint density at radius 2 is 1.92 bits per heavy atom. The summed E-state index contributed by atoms with van der Waals surface area (Å²) in [6.07, 6.45) is 7.01. The van der Waals surface area contributed by atoms with E-state index in [-0.39, 0.29) is 24.0 Å². The lowest BCUT2D eigenvalue weighted by Gasteiger charge is -2.36. The van der Waals surface area contributed by atoms with Crippen LogP contribution in [0.4, 0.5) is 4.79 Å². The second-order valence-electron chi connectivity index (χ2n) is 9.95. The topological polar surface area (TPSA) is 96.3 Å². The van der Waals surface area contributed by atoms with Gasteiger partial charge >= 0.3 is 6.03 Å². The van der Waals surface area contributed by atoms with Crippen molar-refractivity contribution in [2.45, 2.75) is 102 Å². The van der Waals surface area contributed by atoms with Gasteiger partial charge in [-0.05, 0) is 53.4 Å². The van der Waals surface area contributed by atoms with Gasteiger partial charge in [0.2, 0.25) is 12.5 Å². The summed E-state index contributed by atoms with van der Waals surface area (Å²) in [4.78, 5) is 27.0. The number of carbonyl (C=O) groups is 2. The van der Waals surface area contributed by atoms with Crippen molar-refractivity contribution < 1.29 is 18.8 Å². The van der Waals surface area contributed by atoms with Gasteiger partial charge in [-0.15, -0.1) is 0 Å². The van der Waals surface area contributed by atoms with Crippen LogP contribution in [0.1, 0.15) is 72.6 Å². The Morgan fingerprint density at radius 3 is 2.64 bits per heavy atom. The van der Waals surface area contributed by atoms with Crippen LogP contribution < -0.4 is 16.0 Å². The molecular formula is C25H46N5O4PS. The fourth-order valence-electron chi connectivity index (χ4n) is 4.71. The molecule has 0 saturated carbocycles. The van der Waals surface area contributed by atoms with Crippen molar-refractivity contribution in [3.8, 4) is 0 Å². The van der Waals surface area contributed by atoms with Gasteiger partial charge in [-0.3, -0.25) is 9.46 Å². The van der Waals surface area contributed by atoms with Gasteiger partial charge in [0.1, 0.15) is 21.3 Å². The van der Waals surface area contributed by atoms with Crippen LogP contribution in [0, 0.1) is 6.57 Å². The van der Waals surface area contributed by atoms with Crippen molar-refractivity contribution in [3.05, 3.63) is 11.4 Å². The van der Waals surface area contributed by atoms with Gasteiger partial charge in [-0.2, -0.15) is 11.8 Å². The molecule has 3 amide bonds.